The third kappa shape index (κ3) is 5.34. The minimum Gasteiger partial charge on any atom is -1.00 e. The Morgan fingerprint density at radius 1 is 0.833 bits per heavy atom. The van der Waals surface area contributed by atoms with Crippen LogP contribution < -0.4 is 28.1 Å². The summed E-state index contributed by atoms with van der Waals surface area (Å²) in [7, 11) is 0. The second-order valence-corrected chi connectivity index (χ2v) is 19.0. The van der Waals surface area contributed by atoms with Crippen molar-refractivity contribution in [2.75, 3.05) is 0 Å². The molecule has 2 aromatic carbocycles. The summed E-state index contributed by atoms with van der Waals surface area (Å²) in [6.45, 7) is 9.59. The van der Waals surface area contributed by atoms with Crippen molar-refractivity contribution in [3.8, 4) is 11.1 Å². The first-order valence-electron chi connectivity index (χ1n) is 10.8. The fourth-order valence-corrected chi connectivity index (χ4v) is 18.9. The van der Waals surface area contributed by atoms with Gasteiger partial charge in [0.2, 0.25) is 0 Å². The van der Waals surface area contributed by atoms with Gasteiger partial charge in [0.15, 0.2) is 0 Å². The third-order valence-corrected chi connectivity index (χ3v) is 17.7. The van der Waals surface area contributed by atoms with Gasteiger partial charge in [0.1, 0.15) is 0 Å². The molecule has 0 radical (unpaired) electrons. The number of halogens is 2. The molecule has 0 aromatic heterocycles. The minimum atomic E-state index is -2.26. The van der Waals surface area contributed by atoms with Crippen LogP contribution in [0, 0.1) is 11.8 Å². The maximum absolute atomic E-state index is 2.51. The molecule has 4 rings (SSSR count). The number of hydrogen-bond acceptors (Lipinski definition) is 0. The Morgan fingerprint density at radius 2 is 1.43 bits per heavy atom. The maximum Gasteiger partial charge on any atom is -1.00 e. The maximum atomic E-state index is 2.51. The predicted octanol–water partition coefficient (Wildman–Crippen LogP) is 0.688. The first-order chi connectivity index (χ1) is 13.5. The number of hydrogen-bond donors (Lipinski definition) is 0. The van der Waals surface area contributed by atoms with E-state index in [0.717, 1.165) is 18.3 Å². The molecule has 2 aromatic rings. The standard InChI is InChI=1S/C13H9.C9H18.C5H5.2ClH.Hf/c1-3-7-12-10(5-1)9-11-6-2-4-8-13(11)12;1-8(2)6-5-7-9(3)4;1-2-4-5-3-1;;;/h1-5,7-8H,9H2;8-9H,6-7H2,1-4H3;1-5H;2*1H;/q;;;;;+2/p-2. The van der Waals surface area contributed by atoms with E-state index in [1.54, 1.807) is 8.88 Å². The predicted molar refractivity (Wildman–Crippen MR) is 120 cm³/mol. The molecule has 3 heteroatoms. The van der Waals surface area contributed by atoms with E-state index < -0.39 is 21.0 Å². The molecule has 0 atom stereocenters. The molecule has 158 valence electrons. The van der Waals surface area contributed by atoms with E-state index in [9.17, 15) is 0 Å². The summed E-state index contributed by atoms with van der Waals surface area (Å²) in [5.74, 6) is 1.49. The van der Waals surface area contributed by atoms with Gasteiger partial charge in [0.25, 0.3) is 0 Å². The molecule has 2 aliphatic carbocycles. The van der Waals surface area contributed by atoms with Crippen molar-refractivity contribution >= 4 is 6.58 Å². The van der Waals surface area contributed by atoms with Crippen molar-refractivity contribution in [3.63, 3.8) is 0 Å². The first kappa shape index (κ1) is 25.5. The van der Waals surface area contributed by atoms with Gasteiger partial charge in [-0.1, -0.05) is 0 Å². The average Bonchev–Trinajstić information content (AvgIpc) is 3.29. The van der Waals surface area contributed by atoms with E-state index in [1.807, 2.05) is 3.26 Å². The normalized spacial score (nSPS) is 13.5. The third-order valence-electron chi connectivity index (χ3n) is 5.91. The van der Waals surface area contributed by atoms with Crippen molar-refractivity contribution in [3.05, 3.63) is 77.9 Å². The topological polar surface area (TPSA) is 0 Å². The molecule has 0 heterocycles. The van der Waals surface area contributed by atoms with E-state index >= 15 is 0 Å². The molecule has 30 heavy (non-hydrogen) atoms. The van der Waals surface area contributed by atoms with E-state index in [1.165, 1.54) is 29.5 Å². The van der Waals surface area contributed by atoms with Crippen LogP contribution in [0.4, 0.5) is 0 Å². The largest absolute Gasteiger partial charge is 1.00 e. The zero-order valence-electron chi connectivity index (χ0n) is 18.5. The monoisotopic (exact) mass is 606 g/mol. The zero-order chi connectivity index (χ0) is 19.7. The Hall–Kier alpha value is -0.760. The van der Waals surface area contributed by atoms with E-state index in [4.69, 9.17) is 0 Å². The molecular formula is C27H32Cl2Hf. The van der Waals surface area contributed by atoms with Crippen molar-refractivity contribution in [1.82, 2.24) is 0 Å². The number of fused-ring (bicyclic) bond motifs is 3. The zero-order valence-corrected chi connectivity index (χ0v) is 23.6. The Balaban J connectivity index is 0.00000160. The van der Waals surface area contributed by atoms with Crippen molar-refractivity contribution in [1.29, 1.82) is 0 Å². The van der Waals surface area contributed by atoms with Gasteiger partial charge in [0.05, 0.1) is 0 Å². The second kappa shape index (κ2) is 11.2. The Kier molecular flexibility index (Phi) is 9.53. The van der Waals surface area contributed by atoms with E-state index in [-0.39, 0.29) is 24.8 Å². The van der Waals surface area contributed by atoms with Gasteiger partial charge in [0, 0.05) is 0 Å². The summed E-state index contributed by atoms with van der Waals surface area (Å²) >= 11 is -2.26. The second-order valence-electron chi connectivity index (χ2n) is 9.17. The molecule has 2 aliphatic rings. The van der Waals surface area contributed by atoms with E-state index in [2.05, 4.69) is 94.5 Å². The number of rotatable bonds is 6. The van der Waals surface area contributed by atoms with Crippen LogP contribution in [-0.4, -0.2) is 3.26 Å². The van der Waals surface area contributed by atoms with Gasteiger partial charge < -0.3 is 24.8 Å². The summed E-state index contributed by atoms with van der Waals surface area (Å²) in [4.78, 5) is 0. The fourth-order valence-electron chi connectivity index (χ4n) is 4.93. The molecule has 0 amide bonds. The van der Waals surface area contributed by atoms with Crippen LogP contribution in [0.15, 0.2) is 66.8 Å². The molecule has 0 bridgehead atoms. The SMILES string of the molecule is CC(C)C[C](CC(C)C)=[Hf+2]([c]1cccc2c1Cc1ccccc1-2)[CH]1C=CC=C1.[Cl-].[Cl-]. The van der Waals surface area contributed by atoms with Crippen LogP contribution in [0.3, 0.4) is 0 Å². The molecule has 0 spiro atoms. The molecule has 0 saturated heterocycles. The average molecular weight is 606 g/mol. The van der Waals surface area contributed by atoms with Gasteiger partial charge in [-0.05, 0) is 0 Å². The minimum absolute atomic E-state index is 0. The molecule has 0 saturated carbocycles. The van der Waals surface area contributed by atoms with Gasteiger partial charge in [-0.25, -0.2) is 0 Å². The van der Waals surface area contributed by atoms with Crippen LogP contribution in [0.5, 0.6) is 0 Å². The molecule has 0 fully saturated rings. The summed E-state index contributed by atoms with van der Waals surface area (Å²) in [6, 6.07) is 16.2. The van der Waals surface area contributed by atoms with E-state index in [0.29, 0.717) is 3.67 Å². The number of benzene rings is 2. The molecular weight excluding hydrogens is 574 g/mol. The van der Waals surface area contributed by atoms with Crippen LogP contribution in [-0.2, 0) is 27.4 Å². The summed E-state index contributed by atoms with van der Waals surface area (Å²) in [5.41, 5.74) is 6.15. The van der Waals surface area contributed by atoms with Crippen molar-refractivity contribution in [2.45, 2.75) is 50.6 Å². The molecule has 0 nitrogen and oxygen atoms in total. The first-order valence-corrected chi connectivity index (χ1v) is 16.5. The van der Waals surface area contributed by atoms with Crippen LogP contribution in [0.2, 0.25) is 3.67 Å². The Bertz CT molecular complexity index is 943. The van der Waals surface area contributed by atoms with Crippen molar-refractivity contribution in [2.24, 2.45) is 11.8 Å². The molecule has 0 unspecified atom stereocenters. The summed E-state index contributed by atoms with van der Waals surface area (Å²) < 4.78 is 4.42. The number of allylic oxidation sites excluding steroid dienone is 4. The van der Waals surface area contributed by atoms with Crippen LogP contribution in [0.25, 0.3) is 11.1 Å². The van der Waals surface area contributed by atoms with Crippen molar-refractivity contribution < 1.29 is 45.8 Å². The van der Waals surface area contributed by atoms with Crippen LogP contribution in [0.1, 0.15) is 51.7 Å². The smallest absolute Gasteiger partial charge is 1.00 e. The summed E-state index contributed by atoms with van der Waals surface area (Å²) in [5, 5.41) is 0. The quantitative estimate of drug-likeness (QED) is 0.363. The molecule has 0 N–H and O–H groups in total. The summed E-state index contributed by atoms with van der Waals surface area (Å²) in [6.07, 6.45) is 13.3. The Morgan fingerprint density at radius 3 is 2.07 bits per heavy atom. The Labute approximate surface area is 202 Å². The molecule has 0 aliphatic heterocycles. The van der Waals surface area contributed by atoms with Crippen LogP contribution >= 0.6 is 0 Å². The van der Waals surface area contributed by atoms with Gasteiger partial charge >= 0.3 is 179 Å². The fraction of sp³-hybridized carbons (Fsp3) is 0.370. The van der Waals surface area contributed by atoms with Gasteiger partial charge in [-0.2, -0.15) is 0 Å². The van der Waals surface area contributed by atoms with Gasteiger partial charge in [-0.15, -0.1) is 0 Å². The van der Waals surface area contributed by atoms with Gasteiger partial charge in [-0.3, -0.25) is 0 Å².